The first-order valence-corrected chi connectivity index (χ1v) is 5.98. The van der Waals surface area contributed by atoms with Crippen molar-refractivity contribution in [3.8, 4) is 5.75 Å². The van der Waals surface area contributed by atoms with Crippen molar-refractivity contribution in [2.75, 3.05) is 7.11 Å². The van der Waals surface area contributed by atoms with Gasteiger partial charge in [0.1, 0.15) is 0 Å². The number of hydrogen-bond acceptors (Lipinski definition) is 4. The van der Waals surface area contributed by atoms with E-state index < -0.39 is 11.9 Å². The highest BCUT2D eigenvalue weighted by molar-refractivity contribution is 9.10. The molecule has 0 bridgehead atoms. The van der Waals surface area contributed by atoms with Crippen LogP contribution in [0.3, 0.4) is 0 Å². The molecule has 96 valence electrons. The van der Waals surface area contributed by atoms with Crippen molar-refractivity contribution < 1.29 is 9.13 Å². The number of ether oxygens (including phenoxy) is 1. The van der Waals surface area contributed by atoms with Gasteiger partial charge in [-0.1, -0.05) is 11.3 Å². The summed E-state index contributed by atoms with van der Waals surface area (Å²) in [5, 5.41) is 7.69. The van der Waals surface area contributed by atoms with E-state index >= 15 is 0 Å². The topological polar surface area (TPSA) is 66.0 Å². The Hall–Kier alpha value is -1.47. The lowest BCUT2D eigenvalue weighted by Crippen LogP contribution is -2.16. The molecule has 2 rings (SSSR count). The van der Waals surface area contributed by atoms with Gasteiger partial charge in [0.15, 0.2) is 16.2 Å². The van der Waals surface area contributed by atoms with Crippen LogP contribution in [-0.4, -0.2) is 22.1 Å². The van der Waals surface area contributed by atoms with Gasteiger partial charge in [-0.25, -0.2) is 9.07 Å². The zero-order valence-electron chi connectivity index (χ0n) is 9.89. The van der Waals surface area contributed by atoms with Crippen molar-refractivity contribution in [1.29, 1.82) is 0 Å². The fourth-order valence-corrected chi connectivity index (χ4v) is 2.28. The van der Waals surface area contributed by atoms with E-state index in [1.54, 1.807) is 23.9 Å². The number of aryl methyl sites for hydroxylation is 1. The number of rotatable bonds is 3. The summed E-state index contributed by atoms with van der Waals surface area (Å²) in [6.45, 7) is 0. The standard InChI is InChI=1S/C11H12BrFN4O/c1-17-10(11(12)15-16-17)9(14)6-3-4-8(18-2)7(13)5-6/h3-5,9H,14H2,1-2H3. The maximum Gasteiger partial charge on any atom is 0.165 e. The molecule has 0 aliphatic heterocycles. The fourth-order valence-electron chi connectivity index (χ4n) is 1.70. The van der Waals surface area contributed by atoms with Crippen molar-refractivity contribution in [1.82, 2.24) is 15.0 Å². The molecule has 1 unspecified atom stereocenters. The lowest BCUT2D eigenvalue weighted by molar-refractivity contribution is 0.386. The summed E-state index contributed by atoms with van der Waals surface area (Å²) in [5.41, 5.74) is 7.39. The van der Waals surface area contributed by atoms with Gasteiger partial charge in [-0.05, 0) is 33.6 Å². The highest BCUT2D eigenvalue weighted by Crippen LogP contribution is 2.27. The lowest BCUT2D eigenvalue weighted by atomic mass is 10.0. The summed E-state index contributed by atoms with van der Waals surface area (Å²) in [6.07, 6.45) is 0. The second kappa shape index (κ2) is 5.03. The summed E-state index contributed by atoms with van der Waals surface area (Å²) < 4.78 is 20.6. The normalized spacial score (nSPS) is 12.5. The maximum atomic E-state index is 13.6. The third-order valence-corrected chi connectivity index (χ3v) is 3.22. The minimum atomic E-state index is -0.514. The maximum absolute atomic E-state index is 13.6. The molecule has 0 saturated heterocycles. The minimum Gasteiger partial charge on any atom is -0.494 e. The Bertz CT molecular complexity index is 553. The molecule has 0 aliphatic rings. The van der Waals surface area contributed by atoms with Crippen LogP contribution in [0.25, 0.3) is 0 Å². The Morgan fingerprint density at radius 3 is 2.72 bits per heavy atom. The number of nitrogens with zero attached hydrogens (tertiary/aromatic N) is 3. The van der Waals surface area contributed by atoms with E-state index in [2.05, 4.69) is 26.2 Å². The highest BCUT2D eigenvalue weighted by atomic mass is 79.9. The largest absolute Gasteiger partial charge is 0.494 e. The molecule has 0 aliphatic carbocycles. The smallest absolute Gasteiger partial charge is 0.165 e. The molecule has 0 amide bonds. The SMILES string of the molecule is COc1ccc(C(N)c2c(Br)nnn2C)cc1F. The van der Waals surface area contributed by atoms with Crippen LogP contribution in [0, 0.1) is 5.82 Å². The number of halogens is 2. The van der Waals surface area contributed by atoms with E-state index in [1.165, 1.54) is 13.2 Å². The van der Waals surface area contributed by atoms with E-state index in [0.717, 1.165) is 0 Å². The van der Waals surface area contributed by atoms with Crippen LogP contribution < -0.4 is 10.5 Å². The summed E-state index contributed by atoms with van der Waals surface area (Å²) in [7, 11) is 3.15. The van der Waals surface area contributed by atoms with Crippen molar-refractivity contribution in [2.45, 2.75) is 6.04 Å². The summed E-state index contributed by atoms with van der Waals surface area (Å²) >= 11 is 3.27. The first-order chi connectivity index (χ1) is 8.54. The van der Waals surface area contributed by atoms with Crippen molar-refractivity contribution in [3.63, 3.8) is 0 Å². The number of benzene rings is 1. The van der Waals surface area contributed by atoms with Crippen LogP contribution >= 0.6 is 15.9 Å². The molecule has 1 heterocycles. The molecule has 0 radical (unpaired) electrons. The van der Waals surface area contributed by atoms with E-state index in [9.17, 15) is 4.39 Å². The fraction of sp³-hybridized carbons (Fsp3) is 0.273. The van der Waals surface area contributed by atoms with Gasteiger partial charge >= 0.3 is 0 Å². The summed E-state index contributed by atoms with van der Waals surface area (Å²) in [5.74, 6) is -0.259. The molecular weight excluding hydrogens is 303 g/mol. The molecule has 2 aromatic rings. The van der Waals surface area contributed by atoms with E-state index in [4.69, 9.17) is 10.5 Å². The molecule has 18 heavy (non-hydrogen) atoms. The molecule has 0 spiro atoms. The molecular formula is C11H12BrFN4O. The van der Waals surface area contributed by atoms with Crippen molar-refractivity contribution >= 4 is 15.9 Å². The lowest BCUT2D eigenvalue weighted by Gasteiger charge is -2.13. The van der Waals surface area contributed by atoms with Gasteiger partial charge < -0.3 is 10.5 Å². The Kier molecular flexibility index (Phi) is 3.63. The minimum absolute atomic E-state index is 0.188. The second-order valence-corrected chi connectivity index (χ2v) is 4.51. The van der Waals surface area contributed by atoms with Crippen LogP contribution in [0.1, 0.15) is 17.3 Å². The number of methoxy groups -OCH3 is 1. The first-order valence-electron chi connectivity index (χ1n) is 5.18. The molecule has 0 saturated carbocycles. The zero-order valence-corrected chi connectivity index (χ0v) is 11.5. The number of hydrogen-bond donors (Lipinski definition) is 1. The molecule has 7 heteroatoms. The highest BCUT2D eigenvalue weighted by Gasteiger charge is 2.19. The van der Waals surface area contributed by atoms with Gasteiger partial charge in [-0.2, -0.15) is 0 Å². The Labute approximate surface area is 112 Å². The van der Waals surface area contributed by atoms with E-state index in [0.29, 0.717) is 15.9 Å². The molecule has 5 nitrogen and oxygen atoms in total. The van der Waals surface area contributed by atoms with Crippen LogP contribution in [0.4, 0.5) is 4.39 Å². The Morgan fingerprint density at radius 1 is 1.50 bits per heavy atom. The van der Waals surface area contributed by atoms with E-state index in [1.807, 2.05) is 0 Å². The first kappa shape index (κ1) is 13.0. The average molecular weight is 315 g/mol. The molecule has 1 aromatic carbocycles. The number of aromatic nitrogens is 3. The van der Waals surface area contributed by atoms with Crippen molar-refractivity contribution in [3.05, 3.63) is 39.9 Å². The molecule has 0 fully saturated rings. The van der Waals surface area contributed by atoms with Gasteiger partial charge in [-0.3, -0.25) is 0 Å². The molecule has 1 atom stereocenters. The van der Waals surface area contributed by atoms with Gasteiger partial charge in [-0.15, -0.1) is 5.10 Å². The van der Waals surface area contributed by atoms with Crippen LogP contribution in [-0.2, 0) is 7.05 Å². The van der Waals surface area contributed by atoms with Gasteiger partial charge in [0.25, 0.3) is 0 Å². The van der Waals surface area contributed by atoms with E-state index in [-0.39, 0.29) is 5.75 Å². The quantitative estimate of drug-likeness (QED) is 0.937. The summed E-state index contributed by atoms with van der Waals surface area (Å²) in [4.78, 5) is 0. The van der Waals surface area contributed by atoms with Gasteiger partial charge in [0.05, 0.1) is 18.8 Å². The van der Waals surface area contributed by atoms with Crippen LogP contribution in [0.5, 0.6) is 5.75 Å². The Balaban J connectivity index is 2.40. The predicted molar refractivity (Wildman–Crippen MR) is 67.7 cm³/mol. The molecule has 1 aromatic heterocycles. The Morgan fingerprint density at radius 2 is 2.22 bits per heavy atom. The predicted octanol–water partition coefficient (Wildman–Crippen LogP) is 1.77. The molecule has 2 N–H and O–H groups in total. The zero-order chi connectivity index (χ0) is 13.3. The third-order valence-electron chi connectivity index (χ3n) is 2.66. The summed E-state index contributed by atoms with van der Waals surface area (Å²) in [6, 6.07) is 4.09. The third kappa shape index (κ3) is 2.23. The number of nitrogens with two attached hydrogens (primary N) is 1. The second-order valence-electron chi connectivity index (χ2n) is 3.76. The van der Waals surface area contributed by atoms with Crippen LogP contribution in [0.15, 0.2) is 22.8 Å². The van der Waals surface area contributed by atoms with Crippen LogP contribution in [0.2, 0.25) is 0 Å². The van der Waals surface area contributed by atoms with Gasteiger partial charge in [0, 0.05) is 7.05 Å². The monoisotopic (exact) mass is 314 g/mol. The van der Waals surface area contributed by atoms with Gasteiger partial charge in [0.2, 0.25) is 0 Å². The average Bonchev–Trinajstić information content (AvgIpc) is 2.68. The van der Waals surface area contributed by atoms with Crippen molar-refractivity contribution in [2.24, 2.45) is 12.8 Å².